The number of nitrogens with zero attached hydrogens (tertiary/aromatic N) is 3. The maximum absolute atomic E-state index is 13.5. The van der Waals surface area contributed by atoms with Gasteiger partial charge in [0.05, 0.1) is 24.6 Å². The average molecular weight is 580 g/mol. The van der Waals surface area contributed by atoms with E-state index < -0.39 is 72.6 Å². The van der Waals surface area contributed by atoms with Crippen molar-refractivity contribution in [1.82, 2.24) is 19.7 Å². The Morgan fingerprint density at radius 3 is 2.23 bits per heavy atom. The number of aliphatic hydroxyl groups is 1. The smallest absolute Gasteiger partial charge is 0.382 e. The minimum absolute atomic E-state index is 0.121. The van der Waals surface area contributed by atoms with Crippen LogP contribution in [0.5, 0.6) is 0 Å². The molecule has 1 aromatic heterocycles. The molecule has 9 nitrogen and oxygen atoms in total. The molecule has 3 rings (SSSR count). The van der Waals surface area contributed by atoms with E-state index in [-0.39, 0.29) is 16.4 Å². The van der Waals surface area contributed by atoms with Gasteiger partial charge in [0.25, 0.3) is 0 Å². The summed E-state index contributed by atoms with van der Waals surface area (Å²) in [5, 5.41) is 15.9. The number of nitrogens with two attached hydrogens (primary N) is 1. The first-order valence-corrected chi connectivity index (χ1v) is 11.4. The first kappa shape index (κ1) is 29.7. The summed E-state index contributed by atoms with van der Waals surface area (Å²) in [6.07, 6.45) is -13.6. The Morgan fingerprint density at radius 1 is 1.05 bits per heavy atom. The van der Waals surface area contributed by atoms with Gasteiger partial charge in [0.1, 0.15) is 6.54 Å². The highest BCUT2D eigenvalue weighted by molar-refractivity contribution is 6.30. The van der Waals surface area contributed by atoms with Crippen molar-refractivity contribution in [3.8, 4) is 11.4 Å². The highest BCUT2D eigenvalue weighted by Gasteiger charge is 2.39. The van der Waals surface area contributed by atoms with Gasteiger partial charge in [-0.1, -0.05) is 29.8 Å². The SMILES string of the molecule is NC(=O)CC(NC(=O)Cn1nc(-c2ccc(Cl)cc2)n(C[C@H](O)C(F)(F)F)c1=O)c1ccccc1C(F)(F)F. The van der Waals surface area contributed by atoms with E-state index in [9.17, 15) is 45.8 Å². The monoisotopic (exact) mass is 579 g/mol. The summed E-state index contributed by atoms with van der Waals surface area (Å²) in [4.78, 5) is 37.2. The summed E-state index contributed by atoms with van der Waals surface area (Å²) in [5.41, 5.74) is 2.45. The second-order valence-electron chi connectivity index (χ2n) is 8.31. The number of rotatable bonds is 9. The first-order valence-electron chi connectivity index (χ1n) is 11.0. The van der Waals surface area contributed by atoms with Crippen LogP contribution in [0.15, 0.2) is 53.3 Å². The zero-order valence-electron chi connectivity index (χ0n) is 19.6. The number of carbonyl (C=O) groups is 2. The zero-order valence-corrected chi connectivity index (χ0v) is 20.4. The molecule has 1 unspecified atom stereocenters. The average Bonchev–Trinajstić information content (AvgIpc) is 3.12. The van der Waals surface area contributed by atoms with Crippen molar-refractivity contribution in [2.24, 2.45) is 5.73 Å². The zero-order chi connectivity index (χ0) is 29.1. The molecule has 210 valence electrons. The van der Waals surface area contributed by atoms with Crippen LogP contribution in [-0.4, -0.2) is 43.5 Å². The van der Waals surface area contributed by atoms with Gasteiger partial charge >= 0.3 is 18.0 Å². The third kappa shape index (κ3) is 7.38. The van der Waals surface area contributed by atoms with E-state index in [2.05, 4.69) is 10.4 Å². The largest absolute Gasteiger partial charge is 0.416 e. The number of nitrogens with one attached hydrogen (secondary N) is 1. The molecule has 0 spiro atoms. The maximum Gasteiger partial charge on any atom is 0.416 e. The van der Waals surface area contributed by atoms with Gasteiger partial charge in [-0.3, -0.25) is 14.2 Å². The van der Waals surface area contributed by atoms with Crippen LogP contribution in [0.1, 0.15) is 23.6 Å². The molecule has 2 aromatic carbocycles. The standard InChI is InChI=1S/C23H20ClF6N5O4/c24-13-7-5-12(6-8-13)20-33-35(21(39)34(20)10-17(36)23(28,29)30)11-19(38)32-16(9-18(31)37)14-3-1-2-4-15(14)22(25,26)27/h1-8,16-17,36H,9-11H2,(H2,31,37)(H,32,38)/t16?,17-/m0/s1. The molecule has 0 aliphatic heterocycles. The summed E-state index contributed by atoms with van der Waals surface area (Å²) in [7, 11) is 0. The summed E-state index contributed by atoms with van der Waals surface area (Å²) >= 11 is 5.82. The molecule has 0 fully saturated rings. The molecule has 1 heterocycles. The van der Waals surface area contributed by atoms with Crippen LogP contribution in [0.3, 0.4) is 0 Å². The number of carbonyl (C=O) groups excluding carboxylic acids is 2. The molecular formula is C23H20ClF6N5O4. The van der Waals surface area contributed by atoms with Crippen LogP contribution in [0.25, 0.3) is 11.4 Å². The third-order valence-electron chi connectivity index (χ3n) is 5.43. The van der Waals surface area contributed by atoms with Crippen LogP contribution < -0.4 is 16.7 Å². The first-order chi connectivity index (χ1) is 18.1. The molecule has 39 heavy (non-hydrogen) atoms. The van der Waals surface area contributed by atoms with Gasteiger partial charge in [0.15, 0.2) is 11.9 Å². The van der Waals surface area contributed by atoms with E-state index in [0.717, 1.165) is 18.2 Å². The van der Waals surface area contributed by atoms with Crippen molar-refractivity contribution < 1.29 is 41.0 Å². The molecule has 2 amide bonds. The third-order valence-corrected chi connectivity index (χ3v) is 5.69. The van der Waals surface area contributed by atoms with Crippen LogP contribution in [-0.2, 0) is 28.9 Å². The molecule has 0 bridgehead atoms. The van der Waals surface area contributed by atoms with Crippen molar-refractivity contribution >= 4 is 23.4 Å². The van der Waals surface area contributed by atoms with E-state index in [0.29, 0.717) is 9.25 Å². The number of primary amides is 1. The minimum Gasteiger partial charge on any atom is -0.382 e. The lowest BCUT2D eigenvalue weighted by Gasteiger charge is -2.22. The molecule has 16 heteroatoms. The highest BCUT2D eigenvalue weighted by Crippen LogP contribution is 2.35. The van der Waals surface area contributed by atoms with Crippen LogP contribution in [0.2, 0.25) is 5.02 Å². The van der Waals surface area contributed by atoms with E-state index >= 15 is 0 Å². The second kappa shape index (κ2) is 11.5. The summed E-state index contributed by atoms with van der Waals surface area (Å²) in [6, 6.07) is 7.99. The Kier molecular flexibility index (Phi) is 8.75. The van der Waals surface area contributed by atoms with Gasteiger partial charge in [-0.05, 0) is 35.9 Å². The molecule has 0 aliphatic rings. The number of hydrogen-bond donors (Lipinski definition) is 3. The number of benzene rings is 2. The predicted octanol–water partition coefficient (Wildman–Crippen LogP) is 3.04. The van der Waals surface area contributed by atoms with E-state index in [4.69, 9.17) is 17.3 Å². The number of aliphatic hydroxyl groups excluding tert-OH is 1. The fourth-order valence-corrected chi connectivity index (χ4v) is 3.80. The molecule has 2 atom stereocenters. The van der Waals surface area contributed by atoms with E-state index in [1.807, 2.05) is 0 Å². The van der Waals surface area contributed by atoms with Crippen LogP contribution in [0, 0.1) is 0 Å². The molecule has 0 radical (unpaired) electrons. The van der Waals surface area contributed by atoms with Crippen molar-refractivity contribution in [2.75, 3.05) is 0 Å². The van der Waals surface area contributed by atoms with Crippen LogP contribution in [0.4, 0.5) is 26.3 Å². The van der Waals surface area contributed by atoms with Crippen molar-refractivity contribution in [3.63, 3.8) is 0 Å². The van der Waals surface area contributed by atoms with Gasteiger partial charge in [-0.2, -0.15) is 26.3 Å². The normalized spacial score (nSPS) is 13.6. The van der Waals surface area contributed by atoms with Gasteiger partial charge in [-0.25, -0.2) is 9.48 Å². The topological polar surface area (TPSA) is 132 Å². The second-order valence-corrected chi connectivity index (χ2v) is 8.75. The van der Waals surface area contributed by atoms with Gasteiger partial charge in [-0.15, -0.1) is 5.10 Å². The quantitative estimate of drug-likeness (QED) is 0.335. The summed E-state index contributed by atoms with van der Waals surface area (Å²) in [5.74, 6) is -2.47. The molecule has 0 saturated heterocycles. The molecule has 0 saturated carbocycles. The van der Waals surface area contributed by atoms with E-state index in [1.165, 1.54) is 30.3 Å². The molecular weight excluding hydrogens is 560 g/mol. The maximum atomic E-state index is 13.5. The number of halogens is 7. The van der Waals surface area contributed by atoms with Gasteiger partial charge in [0.2, 0.25) is 11.8 Å². The fourth-order valence-electron chi connectivity index (χ4n) is 3.67. The summed E-state index contributed by atoms with van der Waals surface area (Å²) in [6.45, 7) is -2.21. The fraction of sp³-hybridized carbons (Fsp3) is 0.304. The molecule has 4 N–H and O–H groups in total. The Hall–Kier alpha value is -3.85. The van der Waals surface area contributed by atoms with E-state index in [1.54, 1.807) is 0 Å². The van der Waals surface area contributed by atoms with Crippen LogP contribution >= 0.6 is 11.6 Å². The number of aromatic nitrogens is 3. The van der Waals surface area contributed by atoms with Crippen molar-refractivity contribution in [1.29, 1.82) is 0 Å². The van der Waals surface area contributed by atoms with Gasteiger partial charge < -0.3 is 16.2 Å². The predicted molar refractivity (Wildman–Crippen MR) is 125 cm³/mol. The lowest BCUT2D eigenvalue weighted by Crippen LogP contribution is -2.39. The summed E-state index contributed by atoms with van der Waals surface area (Å²) < 4.78 is 80.5. The minimum atomic E-state index is -5.08. The number of amides is 2. The highest BCUT2D eigenvalue weighted by atomic mass is 35.5. The Balaban J connectivity index is 1.97. The number of alkyl halides is 6. The van der Waals surface area contributed by atoms with Gasteiger partial charge in [0, 0.05) is 10.6 Å². The Bertz CT molecular complexity index is 1400. The molecule has 3 aromatic rings. The molecule has 0 aliphatic carbocycles. The Labute approximate surface area is 220 Å². The van der Waals surface area contributed by atoms with Crippen molar-refractivity contribution in [2.45, 2.75) is 44.0 Å². The van der Waals surface area contributed by atoms with Crippen molar-refractivity contribution in [3.05, 3.63) is 75.2 Å². The Morgan fingerprint density at radius 2 is 1.67 bits per heavy atom. The number of hydrogen-bond acceptors (Lipinski definition) is 5. The lowest BCUT2D eigenvalue weighted by atomic mass is 9.97. The lowest BCUT2D eigenvalue weighted by molar-refractivity contribution is -0.207.